The van der Waals surface area contributed by atoms with Crippen LogP contribution in [0.2, 0.25) is 0 Å². The number of ether oxygens (including phenoxy) is 4. The Hall–Kier alpha value is -3.93. The van der Waals surface area contributed by atoms with Crippen molar-refractivity contribution >= 4 is 16.9 Å². The van der Waals surface area contributed by atoms with E-state index in [0.717, 1.165) is 11.1 Å². The van der Waals surface area contributed by atoms with Crippen molar-refractivity contribution in [2.24, 2.45) is 0 Å². The quantitative estimate of drug-likeness (QED) is 0.238. The monoisotopic (exact) mass is 432 g/mol. The maximum Gasteiger partial charge on any atom is 0.374 e. The van der Waals surface area contributed by atoms with E-state index in [-0.39, 0.29) is 25.6 Å². The summed E-state index contributed by atoms with van der Waals surface area (Å²) < 4.78 is 28.1. The molecule has 0 atom stereocenters. The largest absolute Gasteiger partial charge is 0.494 e. The minimum Gasteiger partial charge on any atom is -0.494 e. The second-order valence-corrected chi connectivity index (χ2v) is 6.90. The van der Waals surface area contributed by atoms with Crippen molar-refractivity contribution in [1.29, 1.82) is 0 Å². The van der Waals surface area contributed by atoms with Gasteiger partial charge in [-0.1, -0.05) is 36.4 Å². The molecule has 0 saturated heterocycles. The lowest BCUT2D eigenvalue weighted by Crippen LogP contribution is -2.13. The fourth-order valence-corrected chi connectivity index (χ4v) is 3.24. The zero-order valence-corrected chi connectivity index (χ0v) is 17.8. The Balaban J connectivity index is 1.38. The van der Waals surface area contributed by atoms with Crippen molar-refractivity contribution < 1.29 is 28.2 Å². The van der Waals surface area contributed by atoms with E-state index in [2.05, 4.69) is 0 Å². The molecule has 1 heterocycles. The average molecular weight is 432 g/mol. The van der Waals surface area contributed by atoms with Gasteiger partial charge in [-0.25, -0.2) is 4.79 Å². The Bertz CT molecular complexity index is 1150. The fourth-order valence-electron chi connectivity index (χ4n) is 3.24. The number of hydrogen-bond acceptors (Lipinski definition) is 6. The Labute approximate surface area is 186 Å². The van der Waals surface area contributed by atoms with Crippen LogP contribution in [0.15, 0.2) is 83.3 Å². The summed E-state index contributed by atoms with van der Waals surface area (Å²) in [6.45, 7) is 3.03. The third kappa shape index (κ3) is 5.21. The molecule has 0 aliphatic heterocycles. The van der Waals surface area contributed by atoms with Crippen LogP contribution in [0.4, 0.5) is 0 Å². The minimum absolute atomic E-state index is 0.0854. The van der Waals surface area contributed by atoms with Crippen molar-refractivity contribution in [3.63, 3.8) is 0 Å². The molecule has 6 nitrogen and oxygen atoms in total. The molecular formula is C26H24O6. The van der Waals surface area contributed by atoms with E-state index < -0.39 is 5.97 Å². The molecule has 4 aromatic rings. The van der Waals surface area contributed by atoms with Crippen LogP contribution in [-0.4, -0.2) is 25.8 Å². The number of carbonyl (C=O) groups is 1. The second-order valence-electron chi connectivity index (χ2n) is 6.90. The Morgan fingerprint density at radius 2 is 1.41 bits per heavy atom. The highest BCUT2D eigenvalue weighted by Gasteiger charge is 2.22. The number of esters is 1. The van der Waals surface area contributed by atoms with Gasteiger partial charge in [0.25, 0.3) is 0 Å². The van der Waals surface area contributed by atoms with Gasteiger partial charge in [-0.3, -0.25) is 0 Å². The summed E-state index contributed by atoms with van der Waals surface area (Å²) in [6.07, 6.45) is 0. The predicted octanol–water partition coefficient (Wildman–Crippen LogP) is 5.65. The highest BCUT2D eigenvalue weighted by Crippen LogP contribution is 2.28. The molecule has 0 radical (unpaired) electrons. The van der Waals surface area contributed by atoms with Crippen LogP contribution < -0.4 is 14.2 Å². The number of hydrogen-bond donors (Lipinski definition) is 0. The first-order chi connectivity index (χ1) is 15.7. The number of furan rings is 1. The first kappa shape index (κ1) is 21.3. The van der Waals surface area contributed by atoms with Crippen LogP contribution in [0.1, 0.15) is 23.0 Å². The molecule has 6 heteroatoms. The van der Waals surface area contributed by atoms with Crippen molar-refractivity contribution in [3.8, 4) is 17.2 Å². The van der Waals surface area contributed by atoms with E-state index in [4.69, 9.17) is 23.4 Å². The van der Waals surface area contributed by atoms with Crippen molar-refractivity contribution in [3.05, 3.63) is 90.2 Å². The van der Waals surface area contributed by atoms with Crippen LogP contribution in [0.25, 0.3) is 11.0 Å². The molecule has 0 amide bonds. The topological polar surface area (TPSA) is 67.1 Å². The number of rotatable bonds is 10. The van der Waals surface area contributed by atoms with E-state index >= 15 is 0 Å². The molecule has 0 aliphatic rings. The molecule has 0 saturated carbocycles. The van der Waals surface area contributed by atoms with Crippen LogP contribution in [0.3, 0.4) is 0 Å². The summed E-state index contributed by atoms with van der Waals surface area (Å²) in [5.41, 5.74) is 1.26. The summed E-state index contributed by atoms with van der Waals surface area (Å²) >= 11 is 0. The van der Waals surface area contributed by atoms with Crippen LogP contribution >= 0.6 is 0 Å². The van der Waals surface area contributed by atoms with E-state index in [1.807, 2.05) is 85.8 Å². The third-order valence-electron chi connectivity index (χ3n) is 4.73. The second kappa shape index (κ2) is 10.4. The van der Waals surface area contributed by atoms with Crippen LogP contribution in [-0.2, 0) is 11.3 Å². The molecule has 0 unspecified atom stereocenters. The van der Waals surface area contributed by atoms with Crippen molar-refractivity contribution in [2.45, 2.75) is 13.5 Å². The first-order valence-electron chi connectivity index (χ1n) is 10.5. The van der Waals surface area contributed by atoms with Gasteiger partial charge in [-0.2, -0.15) is 0 Å². The van der Waals surface area contributed by atoms with Crippen molar-refractivity contribution in [1.82, 2.24) is 0 Å². The van der Waals surface area contributed by atoms with E-state index in [1.165, 1.54) is 0 Å². The van der Waals surface area contributed by atoms with Gasteiger partial charge in [0.2, 0.25) is 5.76 Å². The Morgan fingerprint density at radius 1 is 0.750 bits per heavy atom. The molecule has 0 N–H and O–H groups in total. The molecule has 0 fully saturated rings. The molecule has 32 heavy (non-hydrogen) atoms. The highest BCUT2D eigenvalue weighted by molar-refractivity contribution is 5.96. The summed E-state index contributed by atoms with van der Waals surface area (Å²) in [7, 11) is 0. The lowest BCUT2D eigenvalue weighted by atomic mass is 10.1. The van der Waals surface area contributed by atoms with Gasteiger partial charge in [0, 0.05) is 5.39 Å². The van der Waals surface area contributed by atoms with Gasteiger partial charge in [-0.15, -0.1) is 0 Å². The van der Waals surface area contributed by atoms with E-state index in [9.17, 15) is 4.79 Å². The Morgan fingerprint density at radius 3 is 2.16 bits per heavy atom. The van der Waals surface area contributed by atoms with Gasteiger partial charge in [0.1, 0.15) is 42.7 Å². The van der Waals surface area contributed by atoms with Gasteiger partial charge >= 0.3 is 5.97 Å². The molecule has 0 aliphatic carbocycles. The minimum atomic E-state index is -0.553. The smallest absolute Gasteiger partial charge is 0.374 e. The molecule has 0 bridgehead atoms. The van der Waals surface area contributed by atoms with Crippen LogP contribution in [0.5, 0.6) is 17.2 Å². The molecule has 3 aromatic carbocycles. The Kier molecular flexibility index (Phi) is 6.92. The standard InChI is InChI=1S/C26H24O6/c1-2-28-20-12-14-21(15-13-20)29-16-17-30-26(27)25-23(18-31-19-8-4-3-5-9-19)22-10-6-7-11-24(22)32-25/h3-15H,2,16-18H2,1H3. The highest BCUT2D eigenvalue weighted by atomic mass is 16.6. The van der Waals surface area contributed by atoms with Crippen molar-refractivity contribution in [2.75, 3.05) is 19.8 Å². The van der Waals surface area contributed by atoms with Gasteiger partial charge in [0.15, 0.2) is 0 Å². The van der Waals surface area contributed by atoms with Gasteiger partial charge in [-0.05, 0) is 49.4 Å². The summed E-state index contributed by atoms with van der Waals surface area (Å²) in [6, 6.07) is 24.2. The average Bonchev–Trinajstić information content (AvgIpc) is 3.21. The summed E-state index contributed by atoms with van der Waals surface area (Å²) in [5.74, 6) is 1.75. The fraction of sp³-hybridized carbons (Fsp3) is 0.192. The maximum atomic E-state index is 12.7. The van der Waals surface area contributed by atoms with Crippen LogP contribution in [0, 0.1) is 0 Å². The lowest BCUT2D eigenvalue weighted by Gasteiger charge is -2.09. The van der Waals surface area contributed by atoms with E-state index in [1.54, 1.807) is 0 Å². The zero-order chi connectivity index (χ0) is 22.2. The van der Waals surface area contributed by atoms with Gasteiger partial charge < -0.3 is 23.4 Å². The number of fused-ring (bicyclic) bond motifs is 1. The predicted molar refractivity (Wildman–Crippen MR) is 120 cm³/mol. The maximum absolute atomic E-state index is 12.7. The molecule has 164 valence electrons. The SMILES string of the molecule is CCOc1ccc(OCCOC(=O)c2oc3ccccc3c2COc2ccccc2)cc1. The molecule has 0 spiro atoms. The summed E-state index contributed by atoms with van der Waals surface area (Å²) in [4.78, 5) is 12.7. The normalized spacial score (nSPS) is 10.7. The molecule has 4 rings (SSSR count). The lowest BCUT2D eigenvalue weighted by molar-refractivity contribution is 0.0414. The van der Waals surface area contributed by atoms with Gasteiger partial charge in [0.05, 0.1) is 12.2 Å². The molecular weight excluding hydrogens is 408 g/mol. The number of benzene rings is 3. The van der Waals surface area contributed by atoms with E-state index in [0.29, 0.717) is 29.3 Å². The number of carbonyl (C=O) groups excluding carboxylic acids is 1. The first-order valence-corrected chi connectivity index (χ1v) is 10.5. The summed E-state index contributed by atoms with van der Waals surface area (Å²) in [5, 5.41) is 0.820. The number of para-hydroxylation sites is 2. The third-order valence-corrected chi connectivity index (χ3v) is 4.73. The molecule has 1 aromatic heterocycles. The zero-order valence-electron chi connectivity index (χ0n) is 17.8.